The molecule has 1 saturated heterocycles. The van der Waals surface area contributed by atoms with Crippen molar-refractivity contribution in [3.05, 3.63) is 35.9 Å². The van der Waals surface area contributed by atoms with Crippen LogP contribution >= 0.6 is 0 Å². The van der Waals surface area contributed by atoms with Gasteiger partial charge in [0.1, 0.15) is 16.4 Å². The normalized spacial score (nSPS) is 23.3. The Balaban J connectivity index is 2.28. The van der Waals surface area contributed by atoms with Crippen molar-refractivity contribution in [2.45, 2.75) is 46.4 Å². The van der Waals surface area contributed by atoms with Crippen molar-refractivity contribution in [3.8, 4) is 0 Å². The van der Waals surface area contributed by atoms with Gasteiger partial charge in [0.25, 0.3) is 0 Å². The average molecular weight is 350 g/mol. The zero-order chi connectivity index (χ0) is 18.1. The summed E-state index contributed by atoms with van der Waals surface area (Å²) in [6.07, 6.45) is -0.666. The first-order valence-electron chi connectivity index (χ1n) is 8.26. The fourth-order valence-corrected chi connectivity index (χ4v) is 5.33. The van der Waals surface area contributed by atoms with Crippen LogP contribution in [0.25, 0.3) is 0 Å². The Hall–Kier alpha value is -1.66. The Kier molecular flexibility index (Phi) is 5.20. The first kappa shape index (κ1) is 18.7. The molecule has 0 saturated carbocycles. The van der Waals surface area contributed by atoms with E-state index in [2.05, 4.69) is 26.1 Å². The summed E-state index contributed by atoms with van der Waals surface area (Å²) in [5, 5.41) is 2.71. The van der Waals surface area contributed by atoms with Crippen molar-refractivity contribution in [3.63, 3.8) is 0 Å². The monoisotopic (exact) mass is 349 g/mol. The third kappa shape index (κ3) is 3.00. The highest BCUT2D eigenvalue weighted by Crippen LogP contribution is 2.48. The summed E-state index contributed by atoms with van der Waals surface area (Å²) < 4.78 is 11.6. The van der Waals surface area contributed by atoms with Crippen molar-refractivity contribution in [1.82, 2.24) is 5.32 Å². The predicted octanol–water partition coefficient (Wildman–Crippen LogP) is 1.65. The summed E-state index contributed by atoms with van der Waals surface area (Å²) in [5.74, 6) is -0.975. The standard InChI is InChI=1S/C18H27NO4Si/c1-11(2)18(23-24,17(3,4)5)13-14(20)19-15(13)22-16(21)12-9-7-6-8-10-12/h6-11,13,15H,1-5,24H3,(H,19,20)/t13-,15+,18+/m0/s1. The number of hydrogen-bond acceptors (Lipinski definition) is 4. The highest BCUT2D eigenvalue weighted by Gasteiger charge is 2.62. The molecule has 0 aliphatic carbocycles. The molecule has 1 N–H and O–H groups in total. The van der Waals surface area contributed by atoms with E-state index in [-0.39, 0.29) is 17.2 Å². The highest BCUT2D eigenvalue weighted by atomic mass is 28.2. The molecule has 1 fully saturated rings. The fraction of sp³-hybridized carbons (Fsp3) is 0.556. The molecule has 1 aromatic rings. The Bertz CT molecular complexity index is 611. The molecule has 132 valence electrons. The molecule has 1 aliphatic rings. The second-order valence-electron chi connectivity index (χ2n) is 7.58. The Morgan fingerprint density at radius 2 is 1.79 bits per heavy atom. The van der Waals surface area contributed by atoms with Gasteiger partial charge in [0.05, 0.1) is 11.2 Å². The van der Waals surface area contributed by atoms with Crippen molar-refractivity contribution < 1.29 is 18.8 Å². The summed E-state index contributed by atoms with van der Waals surface area (Å²) in [5.41, 5.74) is -0.485. The van der Waals surface area contributed by atoms with Gasteiger partial charge in [-0.05, 0) is 23.5 Å². The number of benzene rings is 1. The van der Waals surface area contributed by atoms with E-state index in [4.69, 9.17) is 9.16 Å². The lowest BCUT2D eigenvalue weighted by atomic mass is 9.60. The highest BCUT2D eigenvalue weighted by molar-refractivity contribution is 5.99. The number of β-lactam (4-membered cyclic amide) rings is 1. The predicted molar refractivity (Wildman–Crippen MR) is 95.3 cm³/mol. The molecule has 3 atom stereocenters. The fourth-order valence-electron chi connectivity index (χ4n) is 3.99. The van der Waals surface area contributed by atoms with Crippen LogP contribution in [0.15, 0.2) is 30.3 Å². The largest absolute Gasteiger partial charge is 0.437 e. The molecule has 24 heavy (non-hydrogen) atoms. The minimum Gasteiger partial charge on any atom is -0.437 e. The molecule has 5 nitrogen and oxygen atoms in total. The van der Waals surface area contributed by atoms with E-state index in [1.165, 1.54) is 0 Å². The molecule has 1 aromatic carbocycles. The summed E-state index contributed by atoms with van der Waals surface area (Å²) in [6, 6.07) is 8.79. The van der Waals surface area contributed by atoms with Crippen LogP contribution < -0.4 is 5.32 Å². The van der Waals surface area contributed by atoms with Crippen molar-refractivity contribution in [2.75, 3.05) is 0 Å². The van der Waals surface area contributed by atoms with Gasteiger partial charge in [0.15, 0.2) is 6.23 Å². The molecular formula is C18H27NO4Si. The minimum atomic E-state index is -0.677. The van der Waals surface area contributed by atoms with Crippen molar-refractivity contribution in [1.29, 1.82) is 0 Å². The summed E-state index contributed by atoms with van der Waals surface area (Å²) in [6.45, 7) is 10.3. The van der Waals surface area contributed by atoms with Crippen LogP contribution in [0.2, 0.25) is 0 Å². The van der Waals surface area contributed by atoms with E-state index in [9.17, 15) is 9.59 Å². The van der Waals surface area contributed by atoms with Gasteiger partial charge >= 0.3 is 5.97 Å². The van der Waals surface area contributed by atoms with Crippen LogP contribution in [-0.2, 0) is 14.0 Å². The van der Waals surface area contributed by atoms with Gasteiger partial charge in [-0.2, -0.15) is 0 Å². The van der Waals surface area contributed by atoms with Gasteiger partial charge in [-0.1, -0.05) is 52.8 Å². The molecule has 0 spiro atoms. The summed E-state index contributed by atoms with van der Waals surface area (Å²) in [7, 11) is 0.498. The van der Waals surface area contributed by atoms with E-state index in [1.54, 1.807) is 24.3 Å². The van der Waals surface area contributed by atoms with Gasteiger partial charge in [-0.3, -0.25) is 4.79 Å². The van der Waals surface area contributed by atoms with Gasteiger partial charge in [-0.25, -0.2) is 4.79 Å². The van der Waals surface area contributed by atoms with Gasteiger partial charge < -0.3 is 14.5 Å². The maximum Gasteiger partial charge on any atom is 0.340 e. The molecule has 1 aliphatic heterocycles. The Labute approximate surface area is 146 Å². The summed E-state index contributed by atoms with van der Waals surface area (Å²) in [4.78, 5) is 24.7. The van der Waals surface area contributed by atoms with Crippen molar-refractivity contribution in [2.24, 2.45) is 17.3 Å². The number of amides is 1. The number of ether oxygens (including phenoxy) is 1. The third-order valence-electron chi connectivity index (χ3n) is 4.94. The first-order chi connectivity index (χ1) is 11.1. The smallest absolute Gasteiger partial charge is 0.340 e. The zero-order valence-electron chi connectivity index (χ0n) is 15.3. The Morgan fingerprint density at radius 3 is 2.21 bits per heavy atom. The second kappa shape index (κ2) is 6.68. The SMILES string of the molecule is CC(C)[C@@](O[SiH3])([C@H]1C(=O)N[C@@H]1OC(=O)c1ccccc1)C(C)(C)C. The zero-order valence-corrected chi connectivity index (χ0v) is 17.3. The Morgan fingerprint density at radius 1 is 1.21 bits per heavy atom. The van der Waals surface area contributed by atoms with E-state index >= 15 is 0 Å². The average Bonchev–Trinajstić information content (AvgIpc) is 2.51. The lowest BCUT2D eigenvalue weighted by Crippen LogP contribution is -2.73. The number of nitrogens with one attached hydrogen (secondary N) is 1. The van der Waals surface area contributed by atoms with Gasteiger partial charge in [0, 0.05) is 0 Å². The van der Waals surface area contributed by atoms with E-state index in [0.717, 1.165) is 0 Å². The van der Waals surface area contributed by atoms with E-state index in [1.807, 2.05) is 19.9 Å². The number of carbonyl (C=O) groups is 2. The number of carbonyl (C=O) groups excluding carboxylic acids is 2. The van der Waals surface area contributed by atoms with Crippen LogP contribution in [0, 0.1) is 17.3 Å². The van der Waals surface area contributed by atoms with E-state index < -0.39 is 23.7 Å². The van der Waals surface area contributed by atoms with Crippen LogP contribution in [0.5, 0.6) is 0 Å². The lowest BCUT2D eigenvalue weighted by Gasteiger charge is -2.56. The molecule has 0 aromatic heterocycles. The lowest BCUT2D eigenvalue weighted by molar-refractivity contribution is -0.194. The van der Waals surface area contributed by atoms with E-state index in [0.29, 0.717) is 16.0 Å². The van der Waals surface area contributed by atoms with Crippen molar-refractivity contribution >= 4 is 22.4 Å². The minimum absolute atomic E-state index is 0.101. The maximum absolute atomic E-state index is 12.3. The number of rotatable bonds is 5. The third-order valence-corrected chi connectivity index (χ3v) is 5.62. The van der Waals surface area contributed by atoms with Crippen LogP contribution in [0.1, 0.15) is 45.0 Å². The summed E-state index contributed by atoms with van der Waals surface area (Å²) >= 11 is 0. The first-order valence-corrected chi connectivity index (χ1v) is 9.08. The molecule has 0 radical (unpaired) electrons. The molecule has 6 heteroatoms. The van der Waals surface area contributed by atoms with Gasteiger partial charge in [-0.15, -0.1) is 0 Å². The van der Waals surface area contributed by atoms with Crippen LogP contribution in [-0.4, -0.2) is 34.2 Å². The topological polar surface area (TPSA) is 64.6 Å². The van der Waals surface area contributed by atoms with Crippen LogP contribution in [0.3, 0.4) is 0 Å². The molecule has 0 bridgehead atoms. The molecule has 1 heterocycles. The maximum atomic E-state index is 12.3. The quantitative estimate of drug-likeness (QED) is 0.499. The van der Waals surface area contributed by atoms with Gasteiger partial charge in [0.2, 0.25) is 5.91 Å². The van der Waals surface area contributed by atoms with Crippen LogP contribution in [0.4, 0.5) is 0 Å². The molecule has 2 rings (SSSR count). The number of hydrogen-bond donors (Lipinski definition) is 1. The molecular weight excluding hydrogens is 322 g/mol. The molecule has 1 amide bonds. The number of esters is 1. The molecule has 0 unspecified atom stereocenters. The second-order valence-corrected chi connectivity index (χ2v) is 7.99.